The number of aromatic hydroxyl groups is 3. The van der Waals surface area contributed by atoms with Crippen LogP contribution in [0.5, 0.6) is 28.7 Å². The molecule has 0 heterocycles. The molecule has 0 fully saturated rings. The van der Waals surface area contributed by atoms with Crippen molar-refractivity contribution in [3.05, 3.63) is 39.9 Å². The van der Waals surface area contributed by atoms with Crippen molar-refractivity contribution in [2.24, 2.45) is 0 Å². The van der Waals surface area contributed by atoms with Crippen LogP contribution in [-0.2, 0) is 0 Å². The number of fused-ring (bicyclic) bond motifs is 2. The molecule has 2 aromatic carbocycles. The lowest BCUT2D eigenvalue weighted by Crippen LogP contribution is -2.22. The van der Waals surface area contributed by atoms with Gasteiger partial charge >= 0.3 is 0 Å². The SMILES string of the molecule is COc1cc2c(c(O)c1OC)C(=O)c1c(cc(C)c(O)c1O)C2=O. The lowest BCUT2D eigenvalue weighted by atomic mass is 9.81. The summed E-state index contributed by atoms with van der Waals surface area (Å²) in [6.45, 7) is 1.49. The number of benzene rings is 2. The lowest BCUT2D eigenvalue weighted by molar-refractivity contribution is 0.0972. The zero-order valence-electron chi connectivity index (χ0n) is 13.1. The molecule has 0 radical (unpaired) electrons. The summed E-state index contributed by atoms with van der Waals surface area (Å²) < 4.78 is 10.1. The molecule has 0 unspecified atom stereocenters. The number of carbonyl (C=O) groups excluding carboxylic acids is 2. The summed E-state index contributed by atoms with van der Waals surface area (Å²) >= 11 is 0. The van der Waals surface area contributed by atoms with Gasteiger partial charge in [-0.3, -0.25) is 9.59 Å². The number of rotatable bonds is 2. The van der Waals surface area contributed by atoms with Crippen LogP contribution in [0.3, 0.4) is 0 Å². The van der Waals surface area contributed by atoms with Gasteiger partial charge in [-0.15, -0.1) is 0 Å². The Balaban J connectivity index is 2.40. The molecule has 3 N–H and O–H groups in total. The van der Waals surface area contributed by atoms with Gasteiger partial charge in [0.1, 0.15) is 0 Å². The Hall–Kier alpha value is -3.22. The van der Waals surface area contributed by atoms with Gasteiger partial charge in [-0.2, -0.15) is 0 Å². The van der Waals surface area contributed by atoms with Crippen LogP contribution in [0, 0.1) is 6.92 Å². The van der Waals surface area contributed by atoms with Crippen LogP contribution in [-0.4, -0.2) is 41.1 Å². The maximum Gasteiger partial charge on any atom is 0.203 e. The lowest BCUT2D eigenvalue weighted by Gasteiger charge is -2.22. The first-order valence-corrected chi connectivity index (χ1v) is 6.96. The molecule has 7 nitrogen and oxygen atoms in total. The number of ether oxygens (including phenoxy) is 2. The van der Waals surface area contributed by atoms with Crippen molar-refractivity contribution in [3.8, 4) is 28.7 Å². The molecule has 0 aliphatic heterocycles. The first-order valence-electron chi connectivity index (χ1n) is 6.96. The van der Waals surface area contributed by atoms with Gasteiger partial charge < -0.3 is 24.8 Å². The standard InChI is InChI=1S/C17H14O7/c1-6-4-7-10(15(21)12(6)18)14(20)11-8(13(7)19)5-9(23-2)17(24-3)16(11)22/h4-5,18,21-22H,1-3H3. The van der Waals surface area contributed by atoms with E-state index in [1.807, 2.05) is 0 Å². The molecule has 0 saturated heterocycles. The number of methoxy groups -OCH3 is 2. The summed E-state index contributed by atoms with van der Waals surface area (Å²) in [6.07, 6.45) is 0. The van der Waals surface area contributed by atoms with Gasteiger partial charge in [0.05, 0.1) is 25.3 Å². The highest BCUT2D eigenvalue weighted by Gasteiger charge is 2.38. The van der Waals surface area contributed by atoms with E-state index in [0.717, 1.165) is 0 Å². The van der Waals surface area contributed by atoms with Crippen LogP contribution in [0.1, 0.15) is 37.4 Å². The van der Waals surface area contributed by atoms with E-state index in [-0.39, 0.29) is 39.3 Å². The van der Waals surface area contributed by atoms with E-state index in [0.29, 0.717) is 0 Å². The highest BCUT2D eigenvalue weighted by molar-refractivity contribution is 6.31. The Morgan fingerprint density at radius 1 is 0.792 bits per heavy atom. The molecule has 1 aliphatic carbocycles. The summed E-state index contributed by atoms with van der Waals surface area (Å²) in [5.74, 6) is -3.10. The highest BCUT2D eigenvalue weighted by atomic mass is 16.5. The summed E-state index contributed by atoms with van der Waals surface area (Å²) in [4.78, 5) is 25.5. The van der Waals surface area contributed by atoms with E-state index in [1.165, 1.54) is 33.3 Å². The van der Waals surface area contributed by atoms with Crippen LogP contribution < -0.4 is 9.47 Å². The fourth-order valence-electron chi connectivity index (χ4n) is 2.85. The molecule has 0 amide bonds. The Morgan fingerprint density at radius 3 is 1.96 bits per heavy atom. The minimum absolute atomic E-state index is 0.0491. The molecule has 0 atom stereocenters. The summed E-state index contributed by atoms with van der Waals surface area (Å²) in [6, 6.07) is 2.62. The Morgan fingerprint density at radius 2 is 1.38 bits per heavy atom. The third-order valence-electron chi connectivity index (χ3n) is 4.05. The number of phenolic OH excluding ortho intramolecular Hbond substituents is 3. The molecular formula is C17H14O7. The predicted octanol–water partition coefficient (Wildman–Crippen LogP) is 1.90. The number of hydrogen-bond acceptors (Lipinski definition) is 7. The van der Waals surface area contributed by atoms with Crippen molar-refractivity contribution in [2.45, 2.75) is 6.92 Å². The van der Waals surface area contributed by atoms with Gasteiger partial charge in [0.25, 0.3) is 0 Å². The zero-order chi connectivity index (χ0) is 17.8. The van der Waals surface area contributed by atoms with Crippen molar-refractivity contribution >= 4 is 11.6 Å². The molecule has 7 heteroatoms. The van der Waals surface area contributed by atoms with Crippen LogP contribution in [0.15, 0.2) is 12.1 Å². The van der Waals surface area contributed by atoms with E-state index < -0.39 is 28.8 Å². The van der Waals surface area contributed by atoms with E-state index in [9.17, 15) is 24.9 Å². The Kier molecular flexibility index (Phi) is 3.37. The molecular weight excluding hydrogens is 316 g/mol. The topological polar surface area (TPSA) is 113 Å². The summed E-state index contributed by atoms with van der Waals surface area (Å²) in [7, 11) is 2.61. The molecule has 0 spiro atoms. The van der Waals surface area contributed by atoms with E-state index in [2.05, 4.69) is 0 Å². The Bertz CT molecular complexity index is 912. The van der Waals surface area contributed by atoms with Gasteiger partial charge in [0.15, 0.2) is 28.8 Å². The van der Waals surface area contributed by atoms with E-state index >= 15 is 0 Å². The van der Waals surface area contributed by atoms with Crippen LogP contribution in [0.2, 0.25) is 0 Å². The number of ketones is 2. The molecule has 0 saturated carbocycles. The van der Waals surface area contributed by atoms with Gasteiger partial charge in [-0.25, -0.2) is 0 Å². The van der Waals surface area contributed by atoms with Gasteiger partial charge in [-0.05, 0) is 24.6 Å². The molecule has 124 valence electrons. The van der Waals surface area contributed by atoms with Crippen molar-refractivity contribution in [2.75, 3.05) is 14.2 Å². The van der Waals surface area contributed by atoms with E-state index in [1.54, 1.807) is 0 Å². The highest BCUT2D eigenvalue weighted by Crippen LogP contribution is 2.47. The predicted molar refractivity (Wildman–Crippen MR) is 82.6 cm³/mol. The number of hydrogen-bond donors (Lipinski definition) is 3. The average molecular weight is 330 g/mol. The largest absolute Gasteiger partial charge is 0.504 e. The molecule has 1 aliphatic rings. The van der Waals surface area contributed by atoms with Crippen molar-refractivity contribution in [1.82, 2.24) is 0 Å². The second-order valence-corrected chi connectivity index (χ2v) is 5.35. The number of phenols is 3. The van der Waals surface area contributed by atoms with Gasteiger partial charge in [0.2, 0.25) is 11.5 Å². The smallest absolute Gasteiger partial charge is 0.203 e. The number of carbonyl (C=O) groups is 2. The van der Waals surface area contributed by atoms with Crippen LogP contribution >= 0.6 is 0 Å². The first kappa shape index (κ1) is 15.7. The second kappa shape index (κ2) is 5.16. The van der Waals surface area contributed by atoms with Crippen molar-refractivity contribution in [3.63, 3.8) is 0 Å². The summed E-state index contributed by atoms with van der Waals surface area (Å²) in [5.41, 5.74) is -0.513. The Labute approximate surface area is 136 Å². The average Bonchev–Trinajstić information content (AvgIpc) is 2.56. The quantitative estimate of drug-likeness (QED) is 0.615. The van der Waals surface area contributed by atoms with Crippen molar-refractivity contribution in [1.29, 1.82) is 0 Å². The molecule has 24 heavy (non-hydrogen) atoms. The molecule has 0 aromatic heterocycles. The summed E-state index contributed by atoms with van der Waals surface area (Å²) in [5, 5.41) is 30.3. The molecule has 2 aromatic rings. The normalized spacial score (nSPS) is 12.6. The third-order valence-corrected chi connectivity index (χ3v) is 4.05. The fraction of sp³-hybridized carbons (Fsp3) is 0.176. The van der Waals surface area contributed by atoms with Crippen LogP contribution in [0.4, 0.5) is 0 Å². The monoisotopic (exact) mass is 330 g/mol. The molecule has 3 rings (SSSR count). The fourth-order valence-corrected chi connectivity index (χ4v) is 2.85. The third kappa shape index (κ3) is 1.84. The first-order chi connectivity index (χ1) is 11.3. The minimum atomic E-state index is -0.786. The second-order valence-electron chi connectivity index (χ2n) is 5.35. The van der Waals surface area contributed by atoms with Gasteiger partial charge in [0, 0.05) is 11.1 Å². The number of aryl methyl sites for hydroxylation is 1. The molecule has 0 bridgehead atoms. The van der Waals surface area contributed by atoms with Crippen molar-refractivity contribution < 1.29 is 34.4 Å². The van der Waals surface area contributed by atoms with Gasteiger partial charge in [-0.1, -0.05) is 0 Å². The minimum Gasteiger partial charge on any atom is -0.504 e. The zero-order valence-corrected chi connectivity index (χ0v) is 13.1. The maximum atomic E-state index is 12.7. The van der Waals surface area contributed by atoms with E-state index in [4.69, 9.17) is 9.47 Å². The van der Waals surface area contributed by atoms with Crippen LogP contribution in [0.25, 0.3) is 0 Å². The maximum absolute atomic E-state index is 12.7.